The fraction of sp³-hybridized carbons (Fsp3) is 0.533. The largest absolute Gasteiger partial charge is 0.435 e. The van der Waals surface area contributed by atoms with E-state index >= 15 is 0 Å². The van der Waals surface area contributed by atoms with Crippen molar-refractivity contribution in [3.8, 4) is 5.75 Å². The number of carbonyl (C=O) groups excluding carboxylic acids is 1. The van der Waals surface area contributed by atoms with Crippen molar-refractivity contribution in [3.63, 3.8) is 0 Å². The molecule has 0 saturated carbocycles. The summed E-state index contributed by atoms with van der Waals surface area (Å²) in [4.78, 5) is 12.8. The third-order valence-electron chi connectivity index (χ3n) is 3.00. The van der Waals surface area contributed by atoms with Crippen LogP contribution in [0.2, 0.25) is 0 Å². The van der Waals surface area contributed by atoms with Crippen LogP contribution in [0.3, 0.4) is 0 Å². The number of halogens is 5. The van der Waals surface area contributed by atoms with E-state index in [0.717, 1.165) is 4.90 Å². The van der Waals surface area contributed by atoms with E-state index in [1.807, 2.05) is 0 Å². The Bertz CT molecular complexity index is 506. The maximum absolute atomic E-state index is 12.1. The van der Waals surface area contributed by atoms with E-state index in [2.05, 4.69) is 10.1 Å². The number of amides is 1. The summed E-state index contributed by atoms with van der Waals surface area (Å²) in [5, 5.41) is 2.60. The molecule has 0 aliphatic carbocycles. The summed E-state index contributed by atoms with van der Waals surface area (Å²) in [7, 11) is 1.36. The Morgan fingerprint density at radius 3 is 2.42 bits per heavy atom. The third-order valence-corrected chi connectivity index (χ3v) is 3.00. The molecule has 0 radical (unpaired) electrons. The van der Waals surface area contributed by atoms with Gasteiger partial charge in [-0.25, -0.2) is 0 Å². The molecule has 136 valence electrons. The average molecular weight is 354 g/mol. The van der Waals surface area contributed by atoms with Crippen LogP contribution in [0.15, 0.2) is 24.3 Å². The molecular formula is C15H19F5N2O2. The van der Waals surface area contributed by atoms with E-state index in [-0.39, 0.29) is 31.2 Å². The SMILES string of the molecule is CN(CCCNC(=O)Cc1ccc(OC(F)F)cc1)CC(F)(F)F. The summed E-state index contributed by atoms with van der Waals surface area (Å²) in [5.41, 5.74) is 0.614. The summed E-state index contributed by atoms with van der Waals surface area (Å²) in [6, 6.07) is 5.66. The zero-order valence-electron chi connectivity index (χ0n) is 13.1. The lowest BCUT2D eigenvalue weighted by Gasteiger charge is -2.18. The number of rotatable bonds is 9. The molecule has 24 heavy (non-hydrogen) atoms. The van der Waals surface area contributed by atoms with Crippen LogP contribution in [0.4, 0.5) is 22.0 Å². The molecule has 1 amide bonds. The van der Waals surface area contributed by atoms with Crippen molar-refractivity contribution in [2.45, 2.75) is 25.6 Å². The molecule has 1 rings (SSSR count). The lowest BCUT2D eigenvalue weighted by atomic mass is 10.1. The number of nitrogens with one attached hydrogen (secondary N) is 1. The second-order valence-corrected chi connectivity index (χ2v) is 5.26. The summed E-state index contributed by atoms with van der Waals surface area (Å²) in [6.07, 6.45) is -3.80. The van der Waals surface area contributed by atoms with E-state index in [1.54, 1.807) is 0 Å². The zero-order chi connectivity index (χ0) is 18.2. The number of ether oxygens (including phenoxy) is 1. The van der Waals surface area contributed by atoms with Gasteiger partial charge in [0.15, 0.2) is 0 Å². The lowest BCUT2D eigenvalue weighted by molar-refractivity contribution is -0.143. The van der Waals surface area contributed by atoms with Crippen molar-refractivity contribution in [2.75, 3.05) is 26.7 Å². The van der Waals surface area contributed by atoms with Crippen molar-refractivity contribution < 1.29 is 31.5 Å². The number of nitrogens with zero attached hydrogens (tertiary/aromatic N) is 1. The van der Waals surface area contributed by atoms with Crippen molar-refractivity contribution in [2.24, 2.45) is 0 Å². The van der Waals surface area contributed by atoms with Gasteiger partial charge in [0, 0.05) is 6.54 Å². The van der Waals surface area contributed by atoms with E-state index < -0.39 is 19.3 Å². The minimum absolute atomic E-state index is 0.00172. The highest BCUT2D eigenvalue weighted by Crippen LogP contribution is 2.16. The van der Waals surface area contributed by atoms with E-state index in [9.17, 15) is 26.7 Å². The monoisotopic (exact) mass is 354 g/mol. The molecule has 1 aromatic rings. The highest BCUT2D eigenvalue weighted by Gasteiger charge is 2.28. The molecule has 0 atom stereocenters. The topological polar surface area (TPSA) is 41.6 Å². The first-order valence-corrected chi connectivity index (χ1v) is 7.21. The summed E-state index contributed by atoms with van der Waals surface area (Å²) < 4.78 is 64.6. The van der Waals surface area contributed by atoms with Crippen LogP contribution in [0.5, 0.6) is 5.75 Å². The van der Waals surface area contributed by atoms with Crippen LogP contribution in [-0.4, -0.2) is 50.3 Å². The Kier molecular flexibility index (Phi) is 7.90. The first kappa shape index (κ1) is 20.1. The van der Waals surface area contributed by atoms with Gasteiger partial charge in [-0.1, -0.05) is 12.1 Å². The van der Waals surface area contributed by atoms with E-state index in [1.165, 1.54) is 31.3 Å². The molecule has 0 spiro atoms. The van der Waals surface area contributed by atoms with Gasteiger partial charge in [-0.05, 0) is 37.7 Å². The van der Waals surface area contributed by atoms with Crippen LogP contribution in [0.25, 0.3) is 0 Å². The second kappa shape index (κ2) is 9.41. The van der Waals surface area contributed by atoms with Crippen LogP contribution >= 0.6 is 0 Å². The van der Waals surface area contributed by atoms with Gasteiger partial charge >= 0.3 is 12.8 Å². The van der Waals surface area contributed by atoms with Crippen LogP contribution in [-0.2, 0) is 11.2 Å². The number of carbonyl (C=O) groups is 1. The first-order valence-electron chi connectivity index (χ1n) is 7.21. The number of hydrogen-bond acceptors (Lipinski definition) is 3. The molecule has 0 saturated heterocycles. The fourth-order valence-corrected chi connectivity index (χ4v) is 2.00. The Labute approximate surface area is 136 Å². The predicted molar refractivity (Wildman–Crippen MR) is 78.0 cm³/mol. The van der Waals surface area contributed by atoms with Gasteiger partial charge < -0.3 is 10.1 Å². The summed E-state index contributed by atoms with van der Waals surface area (Å²) in [6.45, 7) is -3.43. The molecule has 1 aromatic carbocycles. The van der Waals surface area contributed by atoms with Gasteiger partial charge in [0.05, 0.1) is 13.0 Å². The Balaban J connectivity index is 2.24. The van der Waals surface area contributed by atoms with E-state index in [0.29, 0.717) is 12.0 Å². The van der Waals surface area contributed by atoms with E-state index in [4.69, 9.17) is 0 Å². The zero-order valence-corrected chi connectivity index (χ0v) is 13.1. The number of benzene rings is 1. The Hall–Kier alpha value is -1.90. The van der Waals surface area contributed by atoms with Crippen LogP contribution in [0.1, 0.15) is 12.0 Å². The molecule has 0 aromatic heterocycles. The molecule has 0 aliphatic rings. The van der Waals surface area contributed by atoms with Crippen LogP contribution < -0.4 is 10.1 Å². The normalized spacial score (nSPS) is 11.8. The standard InChI is InChI=1S/C15H19F5N2O2/c1-22(10-15(18,19)20)8-2-7-21-13(23)9-11-3-5-12(6-4-11)24-14(16)17/h3-6,14H,2,7-10H2,1H3,(H,21,23). The van der Waals surface area contributed by atoms with Gasteiger partial charge in [0.25, 0.3) is 0 Å². The smallest absolute Gasteiger partial charge is 0.401 e. The highest BCUT2D eigenvalue weighted by molar-refractivity contribution is 5.78. The number of hydrogen-bond donors (Lipinski definition) is 1. The molecule has 0 aliphatic heterocycles. The second-order valence-electron chi connectivity index (χ2n) is 5.26. The Morgan fingerprint density at radius 1 is 1.25 bits per heavy atom. The molecular weight excluding hydrogens is 335 g/mol. The molecule has 0 heterocycles. The minimum atomic E-state index is -4.24. The van der Waals surface area contributed by atoms with Gasteiger partial charge in [0.1, 0.15) is 5.75 Å². The minimum Gasteiger partial charge on any atom is -0.435 e. The molecule has 4 nitrogen and oxygen atoms in total. The summed E-state index contributed by atoms with van der Waals surface area (Å²) >= 11 is 0. The molecule has 0 unspecified atom stereocenters. The van der Waals surface area contributed by atoms with Gasteiger partial charge in [0.2, 0.25) is 5.91 Å². The average Bonchev–Trinajstić information content (AvgIpc) is 2.43. The first-order chi connectivity index (χ1) is 11.2. The van der Waals surface area contributed by atoms with Gasteiger partial charge in [-0.3, -0.25) is 9.69 Å². The van der Waals surface area contributed by atoms with Gasteiger partial charge in [-0.2, -0.15) is 22.0 Å². The van der Waals surface area contributed by atoms with Crippen molar-refractivity contribution >= 4 is 5.91 Å². The quantitative estimate of drug-likeness (QED) is 0.548. The predicted octanol–water partition coefficient (Wildman–Crippen LogP) is 2.83. The number of alkyl halides is 5. The van der Waals surface area contributed by atoms with Crippen LogP contribution in [0, 0.1) is 0 Å². The molecule has 9 heteroatoms. The maximum Gasteiger partial charge on any atom is 0.401 e. The molecule has 1 N–H and O–H groups in total. The lowest BCUT2D eigenvalue weighted by Crippen LogP contribution is -2.34. The van der Waals surface area contributed by atoms with Crippen molar-refractivity contribution in [1.29, 1.82) is 0 Å². The molecule has 0 fully saturated rings. The maximum atomic E-state index is 12.1. The fourth-order valence-electron chi connectivity index (χ4n) is 2.00. The van der Waals surface area contributed by atoms with Crippen molar-refractivity contribution in [3.05, 3.63) is 29.8 Å². The highest BCUT2D eigenvalue weighted by atomic mass is 19.4. The van der Waals surface area contributed by atoms with Gasteiger partial charge in [-0.15, -0.1) is 0 Å². The Morgan fingerprint density at radius 2 is 1.88 bits per heavy atom. The van der Waals surface area contributed by atoms with Crippen molar-refractivity contribution in [1.82, 2.24) is 10.2 Å². The third kappa shape index (κ3) is 9.29. The molecule has 0 bridgehead atoms. The summed E-state index contributed by atoms with van der Waals surface area (Å²) in [5.74, 6) is -0.294.